The SMILES string of the molecule is C1CCOCCCSC2(CC1)OCCCS2. The third kappa shape index (κ3) is 4.13. The summed E-state index contributed by atoms with van der Waals surface area (Å²) in [4.78, 5) is 0. The molecule has 2 aliphatic heterocycles. The van der Waals surface area contributed by atoms with Gasteiger partial charge in [0.05, 0.1) is 6.61 Å². The van der Waals surface area contributed by atoms with Crippen LogP contribution in [-0.4, -0.2) is 35.6 Å². The van der Waals surface area contributed by atoms with Gasteiger partial charge < -0.3 is 9.47 Å². The molecule has 0 amide bonds. The third-order valence-corrected chi connectivity index (χ3v) is 6.18. The predicted octanol–water partition coefficient (Wildman–Crippen LogP) is 3.51. The molecule has 0 aromatic carbocycles. The van der Waals surface area contributed by atoms with Crippen LogP contribution in [0, 0.1) is 0 Å². The molecule has 94 valence electrons. The van der Waals surface area contributed by atoms with Crippen LogP contribution in [0.4, 0.5) is 0 Å². The first-order chi connectivity index (χ1) is 7.91. The van der Waals surface area contributed by atoms with Crippen LogP contribution >= 0.6 is 23.5 Å². The predicted molar refractivity (Wildman–Crippen MR) is 72.1 cm³/mol. The van der Waals surface area contributed by atoms with E-state index in [0.717, 1.165) is 26.2 Å². The Morgan fingerprint density at radius 1 is 0.750 bits per heavy atom. The van der Waals surface area contributed by atoms with E-state index in [4.69, 9.17) is 9.47 Å². The molecule has 0 N–H and O–H groups in total. The molecule has 0 aliphatic carbocycles. The highest BCUT2D eigenvalue weighted by atomic mass is 32.2. The molecule has 2 saturated heterocycles. The number of hydrogen-bond donors (Lipinski definition) is 0. The van der Waals surface area contributed by atoms with Gasteiger partial charge in [-0.15, -0.1) is 23.5 Å². The van der Waals surface area contributed by atoms with Crippen molar-refractivity contribution in [2.45, 2.75) is 42.8 Å². The number of thioether (sulfide) groups is 2. The molecule has 1 atom stereocenters. The summed E-state index contributed by atoms with van der Waals surface area (Å²) >= 11 is 4.05. The van der Waals surface area contributed by atoms with Crippen LogP contribution in [0.3, 0.4) is 0 Å². The van der Waals surface area contributed by atoms with E-state index in [1.165, 1.54) is 43.6 Å². The van der Waals surface area contributed by atoms with Crippen molar-refractivity contribution in [2.75, 3.05) is 31.3 Å². The minimum Gasteiger partial charge on any atom is -0.381 e. The fraction of sp³-hybridized carbons (Fsp3) is 1.00. The van der Waals surface area contributed by atoms with Crippen molar-refractivity contribution in [3.63, 3.8) is 0 Å². The lowest BCUT2D eigenvalue weighted by molar-refractivity contribution is 0.0747. The molecule has 2 aliphatic rings. The topological polar surface area (TPSA) is 18.5 Å². The highest BCUT2D eigenvalue weighted by molar-refractivity contribution is 8.18. The average Bonchev–Trinajstić information content (AvgIpc) is 2.37. The Morgan fingerprint density at radius 3 is 2.31 bits per heavy atom. The van der Waals surface area contributed by atoms with Crippen molar-refractivity contribution in [2.24, 2.45) is 0 Å². The summed E-state index contributed by atoms with van der Waals surface area (Å²) in [6, 6.07) is 0. The average molecular weight is 262 g/mol. The van der Waals surface area contributed by atoms with Crippen molar-refractivity contribution < 1.29 is 9.47 Å². The molecule has 0 saturated carbocycles. The Hall–Kier alpha value is 0.620. The highest BCUT2D eigenvalue weighted by Crippen LogP contribution is 2.45. The summed E-state index contributed by atoms with van der Waals surface area (Å²) in [5, 5.41) is 0. The van der Waals surface area contributed by atoms with Gasteiger partial charge in [-0.1, -0.05) is 6.42 Å². The van der Waals surface area contributed by atoms with Crippen molar-refractivity contribution in [1.29, 1.82) is 0 Å². The smallest absolute Gasteiger partial charge is 0.160 e. The molecule has 0 aromatic rings. The van der Waals surface area contributed by atoms with Crippen LogP contribution in [0.15, 0.2) is 0 Å². The van der Waals surface area contributed by atoms with Crippen molar-refractivity contribution in [3.05, 3.63) is 0 Å². The van der Waals surface area contributed by atoms with Crippen molar-refractivity contribution in [3.8, 4) is 0 Å². The Balaban J connectivity index is 1.86. The lowest BCUT2D eigenvalue weighted by atomic mass is 10.2. The first kappa shape index (κ1) is 13.1. The van der Waals surface area contributed by atoms with Gasteiger partial charge in [-0.2, -0.15) is 0 Å². The fourth-order valence-corrected chi connectivity index (χ4v) is 4.96. The number of ether oxygens (including phenoxy) is 2. The summed E-state index contributed by atoms with van der Waals surface area (Å²) in [6.45, 7) is 2.83. The van der Waals surface area contributed by atoms with Crippen LogP contribution in [0.2, 0.25) is 0 Å². The van der Waals surface area contributed by atoms with Crippen molar-refractivity contribution in [1.82, 2.24) is 0 Å². The molecule has 1 unspecified atom stereocenters. The zero-order chi connectivity index (χ0) is 11.1. The molecular formula is C12H22O2S2. The number of hydrogen-bond acceptors (Lipinski definition) is 4. The molecule has 2 nitrogen and oxygen atoms in total. The summed E-state index contributed by atoms with van der Waals surface area (Å²) in [7, 11) is 0. The standard InChI is InChI=1S/C12H22O2S2/c1-2-6-12(14-9-5-11-16-12)15-10-4-8-13-7-3-1/h1-11H2. The largest absolute Gasteiger partial charge is 0.381 e. The normalized spacial score (nSPS) is 34.5. The van der Waals surface area contributed by atoms with Crippen LogP contribution in [0.5, 0.6) is 0 Å². The Bertz CT molecular complexity index is 179. The van der Waals surface area contributed by atoms with Gasteiger partial charge >= 0.3 is 0 Å². The second-order valence-electron chi connectivity index (χ2n) is 4.36. The highest BCUT2D eigenvalue weighted by Gasteiger charge is 2.33. The van der Waals surface area contributed by atoms with E-state index in [1.54, 1.807) is 0 Å². The van der Waals surface area contributed by atoms with E-state index >= 15 is 0 Å². The molecule has 0 radical (unpaired) electrons. The van der Waals surface area contributed by atoms with Gasteiger partial charge in [0.25, 0.3) is 0 Å². The lowest BCUT2D eigenvalue weighted by Gasteiger charge is -2.36. The molecule has 0 bridgehead atoms. The minimum absolute atomic E-state index is 0.0859. The first-order valence-electron chi connectivity index (χ1n) is 6.41. The van der Waals surface area contributed by atoms with E-state index in [9.17, 15) is 0 Å². The molecule has 4 heteroatoms. The lowest BCUT2D eigenvalue weighted by Crippen LogP contribution is -2.30. The van der Waals surface area contributed by atoms with Gasteiger partial charge in [0.2, 0.25) is 0 Å². The maximum absolute atomic E-state index is 6.06. The van der Waals surface area contributed by atoms with E-state index < -0.39 is 0 Å². The molecule has 0 aromatic heterocycles. The molecule has 2 fully saturated rings. The van der Waals surface area contributed by atoms with Crippen molar-refractivity contribution >= 4 is 23.5 Å². The molecule has 2 rings (SSSR count). The van der Waals surface area contributed by atoms with Crippen LogP contribution in [-0.2, 0) is 9.47 Å². The van der Waals surface area contributed by atoms with Crippen LogP contribution in [0.1, 0.15) is 38.5 Å². The summed E-state index contributed by atoms with van der Waals surface area (Å²) in [5.74, 6) is 2.44. The van der Waals surface area contributed by atoms with Gasteiger partial charge in [-0.3, -0.25) is 0 Å². The number of rotatable bonds is 0. The zero-order valence-corrected chi connectivity index (χ0v) is 11.5. The van der Waals surface area contributed by atoms with Gasteiger partial charge in [0, 0.05) is 13.2 Å². The first-order valence-corrected chi connectivity index (χ1v) is 8.38. The molecular weight excluding hydrogens is 240 g/mol. The van der Waals surface area contributed by atoms with E-state index in [2.05, 4.69) is 0 Å². The molecule has 2 heterocycles. The van der Waals surface area contributed by atoms with Gasteiger partial charge in [0.1, 0.15) is 0 Å². The third-order valence-electron chi connectivity index (χ3n) is 2.96. The monoisotopic (exact) mass is 262 g/mol. The maximum Gasteiger partial charge on any atom is 0.160 e. The summed E-state index contributed by atoms with van der Waals surface area (Å²) in [5.41, 5.74) is 0. The maximum atomic E-state index is 6.06. The van der Waals surface area contributed by atoms with Crippen LogP contribution < -0.4 is 0 Å². The Morgan fingerprint density at radius 2 is 1.50 bits per heavy atom. The van der Waals surface area contributed by atoms with Gasteiger partial charge in [0.15, 0.2) is 4.27 Å². The second kappa shape index (κ2) is 7.14. The van der Waals surface area contributed by atoms with E-state index in [0.29, 0.717) is 0 Å². The Labute approximate surface area is 107 Å². The van der Waals surface area contributed by atoms with E-state index in [1.807, 2.05) is 23.5 Å². The zero-order valence-electron chi connectivity index (χ0n) is 9.91. The minimum atomic E-state index is 0.0859. The Kier molecular flexibility index (Phi) is 5.83. The molecule has 16 heavy (non-hydrogen) atoms. The fourth-order valence-electron chi connectivity index (χ4n) is 2.07. The van der Waals surface area contributed by atoms with Crippen LogP contribution in [0.25, 0.3) is 0 Å². The summed E-state index contributed by atoms with van der Waals surface area (Å²) in [6.07, 6.45) is 7.37. The quantitative estimate of drug-likeness (QED) is 0.665. The molecule has 1 spiro atoms. The van der Waals surface area contributed by atoms with E-state index in [-0.39, 0.29) is 4.27 Å². The summed E-state index contributed by atoms with van der Waals surface area (Å²) < 4.78 is 11.7. The van der Waals surface area contributed by atoms with Gasteiger partial charge in [-0.05, 0) is 43.6 Å². The second-order valence-corrected chi connectivity index (χ2v) is 7.33. The van der Waals surface area contributed by atoms with Gasteiger partial charge in [-0.25, -0.2) is 0 Å².